The van der Waals surface area contributed by atoms with Crippen LogP contribution in [0.3, 0.4) is 0 Å². The maximum Gasteiger partial charge on any atom is 0.221 e. The molecule has 7 heteroatoms. The molecule has 0 aromatic carbocycles. The van der Waals surface area contributed by atoms with Gasteiger partial charge in [0, 0.05) is 19.5 Å². The normalized spacial score (nSPS) is 10.4. The fourth-order valence-corrected chi connectivity index (χ4v) is 1.15. The molecule has 0 atom stereocenters. The maximum atomic E-state index is 11.2. The van der Waals surface area contributed by atoms with E-state index in [4.69, 9.17) is 0 Å². The van der Waals surface area contributed by atoms with Crippen LogP contribution >= 0.6 is 0 Å². The number of nitrogens with zero attached hydrogens (tertiary/aromatic N) is 4. The fraction of sp³-hybridized carbons (Fsp3) is 0.778. The van der Waals surface area contributed by atoms with Crippen LogP contribution in [-0.4, -0.2) is 39.2 Å². The highest BCUT2D eigenvalue weighted by Gasteiger charge is 2.01. The predicted octanol–water partition coefficient (Wildman–Crippen LogP) is -0.784. The SMILES string of the molecule is CCCNC(=O)CCNCc1nnn(C)n1. The van der Waals surface area contributed by atoms with E-state index in [-0.39, 0.29) is 5.91 Å². The molecule has 1 aromatic rings. The first-order valence-electron chi connectivity index (χ1n) is 5.42. The fourth-order valence-electron chi connectivity index (χ4n) is 1.15. The molecule has 2 N–H and O–H groups in total. The van der Waals surface area contributed by atoms with Crippen molar-refractivity contribution in [3.8, 4) is 0 Å². The van der Waals surface area contributed by atoms with Gasteiger partial charge in [-0.25, -0.2) is 0 Å². The van der Waals surface area contributed by atoms with Gasteiger partial charge in [0.25, 0.3) is 0 Å². The number of hydrogen-bond acceptors (Lipinski definition) is 5. The number of aromatic nitrogens is 4. The number of nitrogens with one attached hydrogen (secondary N) is 2. The summed E-state index contributed by atoms with van der Waals surface area (Å²) in [4.78, 5) is 12.6. The molecule has 16 heavy (non-hydrogen) atoms. The molecule has 0 bridgehead atoms. The van der Waals surface area contributed by atoms with Crippen molar-refractivity contribution in [2.45, 2.75) is 26.3 Å². The van der Waals surface area contributed by atoms with E-state index in [1.54, 1.807) is 7.05 Å². The molecule has 1 rings (SSSR count). The monoisotopic (exact) mass is 226 g/mol. The number of rotatable bonds is 7. The average Bonchev–Trinajstić information content (AvgIpc) is 2.67. The van der Waals surface area contributed by atoms with E-state index in [0.717, 1.165) is 13.0 Å². The Morgan fingerprint density at radius 2 is 2.25 bits per heavy atom. The van der Waals surface area contributed by atoms with Crippen LogP contribution in [0, 0.1) is 0 Å². The molecule has 7 nitrogen and oxygen atoms in total. The summed E-state index contributed by atoms with van der Waals surface area (Å²) in [5.74, 6) is 0.706. The molecule has 0 aliphatic heterocycles. The predicted molar refractivity (Wildman–Crippen MR) is 58.4 cm³/mol. The van der Waals surface area contributed by atoms with Gasteiger partial charge >= 0.3 is 0 Å². The van der Waals surface area contributed by atoms with Crippen LogP contribution in [0.1, 0.15) is 25.6 Å². The van der Waals surface area contributed by atoms with E-state index in [9.17, 15) is 4.79 Å². The van der Waals surface area contributed by atoms with Crippen molar-refractivity contribution < 1.29 is 4.79 Å². The lowest BCUT2D eigenvalue weighted by Gasteiger charge is -2.03. The Kier molecular flexibility index (Phi) is 5.41. The van der Waals surface area contributed by atoms with E-state index in [1.165, 1.54) is 4.80 Å². The van der Waals surface area contributed by atoms with Crippen LogP contribution in [0.25, 0.3) is 0 Å². The second kappa shape index (κ2) is 6.89. The summed E-state index contributed by atoms with van der Waals surface area (Å²) in [6.07, 6.45) is 1.43. The van der Waals surface area contributed by atoms with Gasteiger partial charge in [-0.05, 0) is 11.6 Å². The van der Waals surface area contributed by atoms with Crippen LogP contribution in [0.4, 0.5) is 0 Å². The third-order valence-electron chi connectivity index (χ3n) is 1.93. The summed E-state index contributed by atoms with van der Waals surface area (Å²) in [6.45, 7) is 3.92. The van der Waals surface area contributed by atoms with Crippen LogP contribution < -0.4 is 10.6 Å². The van der Waals surface area contributed by atoms with Crippen LogP contribution in [0.5, 0.6) is 0 Å². The van der Waals surface area contributed by atoms with Gasteiger partial charge in [-0.15, -0.1) is 10.2 Å². The molecular weight excluding hydrogens is 208 g/mol. The molecule has 0 unspecified atom stereocenters. The first-order chi connectivity index (χ1) is 7.72. The molecule has 0 radical (unpaired) electrons. The van der Waals surface area contributed by atoms with Gasteiger partial charge in [0.15, 0.2) is 5.82 Å². The topological polar surface area (TPSA) is 84.7 Å². The summed E-state index contributed by atoms with van der Waals surface area (Å²) in [6, 6.07) is 0. The van der Waals surface area contributed by atoms with Crippen molar-refractivity contribution in [1.29, 1.82) is 0 Å². The summed E-state index contributed by atoms with van der Waals surface area (Å²) >= 11 is 0. The van der Waals surface area contributed by atoms with Crippen molar-refractivity contribution in [1.82, 2.24) is 30.8 Å². The Balaban J connectivity index is 2.05. The molecule has 0 spiro atoms. The van der Waals surface area contributed by atoms with Crippen molar-refractivity contribution in [2.24, 2.45) is 7.05 Å². The number of carbonyl (C=O) groups excluding carboxylic acids is 1. The van der Waals surface area contributed by atoms with E-state index < -0.39 is 0 Å². The van der Waals surface area contributed by atoms with Gasteiger partial charge in [-0.2, -0.15) is 4.80 Å². The quantitative estimate of drug-likeness (QED) is 0.596. The van der Waals surface area contributed by atoms with E-state index in [2.05, 4.69) is 26.0 Å². The highest BCUT2D eigenvalue weighted by atomic mass is 16.1. The molecule has 0 aliphatic rings. The second-order valence-corrected chi connectivity index (χ2v) is 3.47. The Morgan fingerprint density at radius 3 is 2.88 bits per heavy atom. The minimum atomic E-state index is 0.0708. The van der Waals surface area contributed by atoms with Gasteiger partial charge in [0.05, 0.1) is 13.6 Å². The molecule has 0 saturated carbocycles. The molecule has 1 aromatic heterocycles. The van der Waals surface area contributed by atoms with Crippen LogP contribution in [0.2, 0.25) is 0 Å². The largest absolute Gasteiger partial charge is 0.356 e. The smallest absolute Gasteiger partial charge is 0.221 e. The third kappa shape index (κ3) is 4.83. The summed E-state index contributed by atoms with van der Waals surface area (Å²) in [7, 11) is 1.72. The van der Waals surface area contributed by atoms with E-state index in [0.29, 0.717) is 25.3 Å². The number of amides is 1. The molecule has 1 heterocycles. The zero-order valence-electron chi connectivity index (χ0n) is 9.73. The lowest BCUT2D eigenvalue weighted by Crippen LogP contribution is -2.28. The molecule has 0 fully saturated rings. The van der Waals surface area contributed by atoms with Gasteiger partial charge in [-0.1, -0.05) is 6.92 Å². The number of aryl methyl sites for hydroxylation is 1. The number of tetrazole rings is 1. The lowest BCUT2D eigenvalue weighted by molar-refractivity contribution is -0.120. The van der Waals surface area contributed by atoms with Gasteiger partial charge in [0.2, 0.25) is 5.91 Å². The summed E-state index contributed by atoms with van der Waals surface area (Å²) in [5.41, 5.74) is 0. The van der Waals surface area contributed by atoms with Crippen molar-refractivity contribution in [3.63, 3.8) is 0 Å². The van der Waals surface area contributed by atoms with Gasteiger partial charge in [-0.3, -0.25) is 4.79 Å². The Bertz CT molecular complexity index is 324. The highest BCUT2D eigenvalue weighted by molar-refractivity contribution is 5.75. The van der Waals surface area contributed by atoms with Crippen molar-refractivity contribution >= 4 is 5.91 Å². The Morgan fingerprint density at radius 1 is 1.44 bits per heavy atom. The summed E-state index contributed by atoms with van der Waals surface area (Å²) in [5, 5.41) is 17.4. The van der Waals surface area contributed by atoms with Crippen LogP contribution in [0.15, 0.2) is 0 Å². The third-order valence-corrected chi connectivity index (χ3v) is 1.93. The molecule has 0 aliphatic carbocycles. The molecular formula is C9H18N6O. The highest BCUT2D eigenvalue weighted by Crippen LogP contribution is 1.85. The average molecular weight is 226 g/mol. The molecule has 0 saturated heterocycles. The minimum absolute atomic E-state index is 0.0708. The summed E-state index contributed by atoms with van der Waals surface area (Å²) < 4.78 is 0. The van der Waals surface area contributed by atoms with Crippen molar-refractivity contribution in [3.05, 3.63) is 5.82 Å². The standard InChI is InChI=1S/C9H18N6O/c1-3-5-11-9(16)4-6-10-7-8-12-14-15(2)13-8/h10H,3-7H2,1-2H3,(H,11,16). The first kappa shape index (κ1) is 12.6. The minimum Gasteiger partial charge on any atom is -0.356 e. The van der Waals surface area contributed by atoms with Crippen molar-refractivity contribution in [2.75, 3.05) is 13.1 Å². The zero-order valence-corrected chi connectivity index (χ0v) is 9.73. The second-order valence-electron chi connectivity index (χ2n) is 3.47. The number of carbonyl (C=O) groups is 1. The molecule has 90 valence electrons. The zero-order chi connectivity index (χ0) is 11.8. The number of hydrogen-bond donors (Lipinski definition) is 2. The maximum absolute atomic E-state index is 11.2. The lowest BCUT2D eigenvalue weighted by atomic mass is 10.3. The van der Waals surface area contributed by atoms with E-state index in [1.807, 2.05) is 6.92 Å². The van der Waals surface area contributed by atoms with Gasteiger partial charge in [0.1, 0.15) is 0 Å². The van der Waals surface area contributed by atoms with E-state index >= 15 is 0 Å². The molecule has 1 amide bonds. The Hall–Kier alpha value is -1.50. The van der Waals surface area contributed by atoms with Gasteiger partial charge < -0.3 is 10.6 Å². The first-order valence-corrected chi connectivity index (χ1v) is 5.42. The van der Waals surface area contributed by atoms with Crippen LogP contribution in [-0.2, 0) is 18.4 Å². The Labute approximate surface area is 94.6 Å².